The molecule has 0 spiro atoms. The van der Waals surface area contributed by atoms with Gasteiger partial charge in [-0.05, 0) is 42.0 Å². The topological polar surface area (TPSA) is 79.9 Å². The van der Waals surface area contributed by atoms with E-state index >= 15 is 0 Å². The van der Waals surface area contributed by atoms with Crippen molar-refractivity contribution in [3.63, 3.8) is 0 Å². The van der Waals surface area contributed by atoms with E-state index in [9.17, 15) is 4.79 Å². The van der Waals surface area contributed by atoms with Crippen molar-refractivity contribution in [3.8, 4) is 17.0 Å². The van der Waals surface area contributed by atoms with Crippen molar-refractivity contribution < 1.29 is 9.53 Å². The number of aromatic amines is 1. The van der Waals surface area contributed by atoms with Gasteiger partial charge in [0.25, 0.3) is 5.91 Å². The molecule has 31 heavy (non-hydrogen) atoms. The molecule has 1 amide bonds. The van der Waals surface area contributed by atoms with Crippen LogP contribution in [0.5, 0.6) is 5.75 Å². The summed E-state index contributed by atoms with van der Waals surface area (Å²) in [6, 6.07) is 13.2. The number of pyridine rings is 2. The highest BCUT2D eigenvalue weighted by molar-refractivity contribution is 7.97. The van der Waals surface area contributed by atoms with Gasteiger partial charge in [-0.15, -0.1) is 0 Å². The smallest absolute Gasteiger partial charge is 0.279 e. The Labute approximate surface area is 189 Å². The first-order valence-corrected chi connectivity index (χ1v) is 11.1. The Morgan fingerprint density at radius 2 is 2.13 bits per heavy atom. The fraction of sp³-hybridized carbons (Fsp3) is 0.174. The third-order valence-corrected chi connectivity index (χ3v) is 5.75. The number of hydrogen-bond acceptors (Lipinski definition) is 5. The van der Waals surface area contributed by atoms with Gasteiger partial charge in [0, 0.05) is 46.7 Å². The average molecular weight is 453 g/mol. The first kappa shape index (κ1) is 21.2. The molecule has 0 aliphatic rings. The van der Waals surface area contributed by atoms with Gasteiger partial charge < -0.3 is 9.72 Å². The van der Waals surface area contributed by atoms with Crippen LogP contribution in [0.2, 0.25) is 5.02 Å². The number of aromatic nitrogens is 3. The summed E-state index contributed by atoms with van der Waals surface area (Å²) >= 11 is 7.70. The number of benzene rings is 1. The molecule has 4 rings (SSSR count). The lowest BCUT2D eigenvalue weighted by molar-refractivity contribution is 0.0979. The van der Waals surface area contributed by atoms with Gasteiger partial charge in [0.2, 0.25) is 0 Å². The molecule has 0 aliphatic carbocycles. The van der Waals surface area contributed by atoms with Crippen LogP contribution in [0.1, 0.15) is 28.7 Å². The van der Waals surface area contributed by atoms with E-state index in [0.717, 1.165) is 39.2 Å². The van der Waals surface area contributed by atoms with Crippen LogP contribution in [0, 0.1) is 0 Å². The zero-order valence-corrected chi connectivity index (χ0v) is 18.7. The number of amides is 1. The largest absolute Gasteiger partial charge is 0.495 e. The van der Waals surface area contributed by atoms with Gasteiger partial charge >= 0.3 is 0 Å². The maximum atomic E-state index is 12.3. The van der Waals surface area contributed by atoms with E-state index in [1.54, 1.807) is 19.4 Å². The molecule has 0 atom stereocenters. The summed E-state index contributed by atoms with van der Waals surface area (Å²) in [7, 11) is 1.60. The van der Waals surface area contributed by atoms with E-state index < -0.39 is 0 Å². The number of H-pyrrole nitrogens is 1. The standard InChI is InChI=1S/C23H21ClN4O2S/c1-3-31-28-23(29)19-8-4-7-15(26-19)10-17-16-11-21(30-2)18(24)12-20(16)27-22(17)14-6-5-9-25-13-14/h4-9,11-13,27H,3,10H2,1-2H3,(H,28,29). The van der Waals surface area contributed by atoms with Gasteiger partial charge in [0.15, 0.2) is 0 Å². The number of fused-ring (bicyclic) bond motifs is 1. The molecule has 3 heterocycles. The van der Waals surface area contributed by atoms with Gasteiger partial charge in [-0.3, -0.25) is 14.5 Å². The molecule has 0 aliphatic heterocycles. The molecule has 4 aromatic rings. The molecule has 6 nitrogen and oxygen atoms in total. The summed E-state index contributed by atoms with van der Waals surface area (Å²) in [4.78, 5) is 24.7. The van der Waals surface area contributed by atoms with Crippen LogP contribution in [0.25, 0.3) is 22.2 Å². The first-order chi connectivity index (χ1) is 15.1. The normalized spacial score (nSPS) is 10.9. The third-order valence-electron chi connectivity index (χ3n) is 4.84. The second-order valence-corrected chi connectivity index (χ2v) is 8.29. The second kappa shape index (κ2) is 9.41. The van der Waals surface area contributed by atoms with E-state index in [-0.39, 0.29) is 5.91 Å². The van der Waals surface area contributed by atoms with Gasteiger partial charge in [0.1, 0.15) is 11.4 Å². The minimum Gasteiger partial charge on any atom is -0.495 e. The molecular weight excluding hydrogens is 432 g/mol. The molecule has 0 unspecified atom stereocenters. The molecule has 2 N–H and O–H groups in total. The lowest BCUT2D eigenvalue weighted by atomic mass is 10.0. The highest BCUT2D eigenvalue weighted by Crippen LogP contribution is 2.37. The van der Waals surface area contributed by atoms with Crippen LogP contribution in [-0.2, 0) is 6.42 Å². The highest BCUT2D eigenvalue weighted by Gasteiger charge is 2.18. The summed E-state index contributed by atoms with van der Waals surface area (Å²) < 4.78 is 8.22. The molecule has 8 heteroatoms. The predicted octanol–water partition coefficient (Wildman–Crippen LogP) is 5.28. The number of carbonyl (C=O) groups excluding carboxylic acids is 1. The number of nitrogens with zero attached hydrogens (tertiary/aromatic N) is 2. The molecule has 158 valence electrons. The number of nitrogens with one attached hydrogen (secondary N) is 2. The number of halogens is 1. The van der Waals surface area contributed by atoms with E-state index in [2.05, 4.69) is 19.7 Å². The lowest BCUT2D eigenvalue weighted by Crippen LogP contribution is -2.18. The monoisotopic (exact) mass is 452 g/mol. The maximum absolute atomic E-state index is 12.3. The van der Waals surface area contributed by atoms with Gasteiger partial charge in [-0.25, -0.2) is 4.98 Å². The number of hydrogen-bond donors (Lipinski definition) is 2. The van der Waals surface area contributed by atoms with E-state index in [0.29, 0.717) is 22.9 Å². The number of ether oxygens (including phenoxy) is 1. The van der Waals surface area contributed by atoms with Crippen molar-refractivity contribution in [1.29, 1.82) is 0 Å². The lowest BCUT2D eigenvalue weighted by Gasteiger charge is -2.08. The van der Waals surface area contributed by atoms with Crippen molar-refractivity contribution in [3.05, 3.63) is 76.8 Å². The van der Waals surface area contributed by atoms with E-state index in [1.807, 2.05) is 49.5 Å². The Kier molecular flexibility index (Phi) is 6.44. The van der Waals surface area contributed by atoms with Crippen molar-refractivity contribution in [2.24, 2.45) is 0 Å². The van der Waals surface area contributed by atoms with Crippen LogP contribution < -0.4 is 9.46 Å². The summed E-state index contributed by atoms with van der Waals surface area (Å²) in [5.74, 6) is 1.19. The minimum atomic E-state index is -0.200. The van der Waals surface area contributed by atoms with Crippen molar-refractivity contribution in [1.82, 2.24) is 19.7 Å². The van der Waals surface area contributed by atoms with Gasteiger partial charge in [0.05, 0.1) is 17.8 Å². The van der Waals surface area contributed by atoms with Crippen molar-refractivity contribution >= 4 is 40.4 Å². The molecular formula is C23H21ClN4O2S. The quantitative estimate of drug-likeness (QED) is 0.373. The molecule has 0 saturated carbocycles. The molecule has 0 fully saturated rings. The Morgan fingerprint density at radius 1 is 1.26 bits per heavy atom. The Bertz CT molecular complexity index is 1230. The fourth-order valence-corrected chi connectivity index (χ4v) is 4.04. The molecule has 1 aromatic carbocycles. The van der Waals surface area contributed by atoms with Crippen molar-refractivity contribution in [2.75, 3.05) is 12.9 Å². The number of carbonyl (C=O) groups is 1. The zero-order chi connectivity index (χ0) is 21.8. The van der Waals surface area contributed by atoms with Crippen molar-refractivity contribution in [2.45, 2.75) is 13.3 Å². The highest BCUT2D eigenvalue weighted by atomic mass is 35.5. The van der Waals surface area contributed by atoms with Crippen LogP contribution in [0.4, 0.5) is 0 Å². The predicted molar refractivity (Wildman–Crippen MR) is 126 cm³/mol. The van der Waals surface area contributed by atoms with Crippen LogP contribution >= 0.6 is 23.5 Å². The summed E-state index contributed by atoms with van der Waals surface area (Å²) in [5.41, 5.74) is 5.00. The molecule has 3 aromatic heterocycles. The molecule has 0 bridgehead atoms. The van der Waals surface area contributed by atoms with Crippen LogP contribution in [-0.4, -0.2) is 33.7 Å². The third kappa shape index (κ3) is 4.52. The average Bonchev–Trinajstić information content (AvgIpc) is 3.14. The minimum absolute atomic E-state index is 0.200. The SMILES string of the molecule is CCSNC(=O)c1cccc(Cc2c(-c3cccnc3)[nH]c3cc(Cl)c(OC)cc23)n1. The summed E-state index contributed by atoms with van der Waals surface area (Å²) in [6.07, 6.45) is 4.08. The Balaban J connectivity index is 1.80. The van der Waals surface area contributed by atoms with Gasteiger partial charge in [-0.1, -0.05) is 36.5 Å². The van der Waals surface area contributed by atoms with Gasteiger partial charge in [-0.2, -0.15) is 0 Å². The Morgan fingerprint density at radius 3 is 2.87 bits per heavy atom. The van der Waals surface area contributed by atoms with Crippen LogP contribution in [0.3, 0.4) is 0 Å². The number of rotatable bonds is 7. The fourth-order valence-electron chi connectivity index (χ4n) is 3.42. The summed E-state index contributed by atoms with van der Waals surface area (Å²) in [5, 5.41) is 1.52. The zero-order valence-electron chi connectivity index (χ0n) is 17.1. The van der Waals surface area contributed by atoms with E-state index in [1.165, 1.54) is 11.9 Å². The first-order valence-electron chi connectivity index (χ1n) is 9.77. The molecule has 0 saturated heterocycles. The maximum Gasteiger partial charge on any atom is 0.279 e. The Hall–Kier alpha value is -3.03. The van der Waals surface area contributed by atoms with Crippen LogP contribution in [0.15, 0.2) is 54.9 Å². The number of methoxy groups -OCH3 is 1. The molecule has 0 radical (unpaired) electrons. The van der Waals surface area contributed by atoms with E-state index in [4.69, 9.17) is 16.3 Å². The summed E-state index contributed by atoms with van der Waals surface area (Å²) in [6.45, 7) is 1.98. The second-order valence-electron chi connectivity index (χ2n) is 6.81.